The molecule has 9 nitrogen and oxygen atoms in total. The van der Waals surface area contributed by atoms with Crippen molar-refractivity contribution in [2.24, 2.45) is 0 Å². The van der Waals surface area contributed by atoms with Crippen LogP contribution in [0.1, 0.15) is 22.8 Å². The molecule has 14 heteroatoms. The molecule has 1 aromatic heterocycles. The first-order chi connectivity index (χ1) is 18.2. The Morgan fingerprint density at radius 3 is 2.47 bits per heavy atom. The summed E-state index contributed by atoms with van der Waals surface area (Å²) in [4.78, 5) is 15.1. The summed E-state index contributed by atoms with van der Waals surface area (Å²) in [5.74, 6) is -2.15. The van der Waals surface area contributed by atoms with Crippen molar-refractivity contribution in [3.8, 4) is 11.3 Å². The zero-order chi connectivity index (χ0) is 27.1. The average Bonchev–Trinajstić information content (AvgIpc) is 3.33. The molecule has 5 rings (SSSR count). The number of rotatable bonds is 6. The number of aliphatic hydroxyl groups excluding tert-OH is 3. The number of halogens is 4. The van der Waals surface area contributed by atoms with Crippen molar-refractivity contribution >= 4 is 40.9 Å². The van der Waals surface area contributed by atoms with Gasteiger partial charge in [0, 0.05) is 28.6 Å². The number of aromatic nitrogens is 3. The number of amides is 1. The van der Waals surface area contributed by atoms with Crippen molar-refractivity contribution in [1.82, 2.24) is 19.9 Å². The fraction of sp³-hybridized carbons (Fsp3) is 0.375. The van der Waals surface area contributed by atoms with E-state index in [1.165, 1.54) is 6.20 Å². The minimum atomic E-state index is -1.42. The molecule has 1 amide bonds. The standard InChI is InChI=1S/C24H22Cl2F2N4O5S/c25-12-2-3-13(23(36)31-4-1-5-31)18(8-12)38-24-22(35)20(21(34)17(10-33)37-24)32-9-16(29-30-32)11-6-14(27)19(26)15(28)7-11/h2-3,6-9,17,20-22,24,33-35H,1,4-5,10H2/t17?,20?,21-,22?,24+/m0/s1. The van der Waals surface area contributed by atoms with E-state index in [1.807, 2.05) is 0 Å². The van der Waals surface area contributed by atoms with Gasteiger partial charge in [0.2, 0.25) is 0 Å². The van der Waals surface area contributed by atoms with E-state index >= 15 is 0 Å². The number of aliphatic hydroxyl groups is 3. The number of hydrogen-bond acceptors (Lipinski definition) is 8. The smallest absolute Gasteiger partial charge is 0.254 e. The van der Waals surface area contributed by atoms with Crippen LogP contribution >= 0.6 is 35.0 Å². The lowest BCUT2D eigenvalue weighted by atomic mass is 9.97. The summed E-state index contributed by atoms with van der Waals surface area (Å²) in [6, 6.07) is 5.60. The molecule has 3 aromatic rings. The van der Waals surface area contributed by atoms with E-state index in [1.54, 1.807) is 23.1 Å². The Balaban J connectivity index is 1.44. The molecule has 38 heavy (non-hydrogen) atoms. The molecule has 0 bridgehead atoms. The first kappa shape index (κ1) is 27.3. The number of hydrogen-bond donors (Lipinski definition) is 3. The van der Waals surface area contributed by atoms with Crippen LogP contribution in [0.5, 0.6) is 0 Å². The van der Waals surface area contributed by atoms with Gasteiger partial charge in [0.25, 0.3) is 5.91 Å². The SMILES string of the molecule is O=C(c1ccc(Cl)cc1S[C@H]1OC(CO)[C@H](O)C(n2cc(-c3cc(F)c(Cl)c(F)c3)nn2)C1O)N1CCC1. The maximum atomic E-state index is 14.0. The van der Waals surface area contributed by atoms with Crippen LogP contribution in [-0.4, -0.2) is 84.6 Å². The molecule has 0 spiro atoms. The van der Waals surface area contributed by atoms with Gasteiger partial charge in [-0.3, -0.25) is 4.79 Å². The lowest BCUT2D eigenvalue weighted by Gasteiger charge is -2.42. The second-order valence-electron chi connectivity index (χ2n) is 8.94. The molecular formula is C24H22Cl2F2N4O5S. The third kappa shape index (κ3) is 5.14. The van der Waals surface area contributed by atoms with Gasteiger partial charge in [0.05, 0.1) is 18.4 Å². The van der Waals surface area contributed by atoms with Crippen molar-refractivity contribution in [1.29, 1.82) is 0 Å². The molecule has 5 atom stereocenters. The van der Waals surface area contributed by atoms with Gasteiger partial charge in [-0.15, -0.1) is 5.10 Å². The minimum Gasteiger partial charge on any atom is -0.394 e. The molecule has 2 fully saturated rings. The fourth-order valence-electron chi connectivity index (χ4n) is 4.32. The van der Waals surface area contributed by atoms with Crippen LogP contribution < -0.4 is 0 Å². The number of carbonyl (C=O) groups is 1. The second-order valence-corrected chi connectivity index (χ2v) is 10.9. The Bertz CT molecular complexity index is 1340. The predicted molar refractivity (Wildman–Crippen MR) is 135 cm³/mol. The number of likely N-dealkylation sites (tertiary alicyclic amines) is 1. The highest BCUT2D eigenvalue weighted by Gasteiger charge is 2.46. The zero-order valence-electron chi connectivity index (χ0n) is 19.5. The van der Waals surface area contributed by atoms with Gasteiger partial charge in [-0.25, -0.2) is 13.5 Å². The van der Waals surface area contributed by atoms with Gasteiger partial charge in [0.1, 0.15) is 52.1 Å². The molecular weight excluding hydrogens is 565 g/mol. The number of carbonyl (C=O) groups excluding carboxylic acids is 1. The van der Waals surface area contributed by atoms with Crippen LogP contribution in [0.25, 0.3) is 11.3 Å². The average molecular weight is 587 g/mol. The fourth-order valence-corrected chi connectivity index (χ4v) is 5.89. The van der Waals surface area contributed by atoms with E-state index < -0.39 is 53.1 Å². The molecule has 2 aromatic carbocycles. The number of nitrogens with zero attached hydrogens (tertiary/aromatic N) is 4. The zero-order valence-corrected chi connectivity index (χ0v) is 21.9. The van der Waals surface area contributed by atoms with Crippen LogP contribution in [0.2, 0.25) is 10.0 Å². The van der Waals surface area contributed by atoms with Crippen molar-refractivity contribution in [2.45, 2.75) is 41.1 Å². The highest BCUT2D eigenvalue weighted by molar-refractivity contribution is 8.00. The molecule has 3 heterocycles. The second kappa shape index (κ2) is 11.0. The van der Waals surface area contributed by atoms with E-state index in [0.717, 1.165) is 35.0 Å². The Labute approximate surface area is 229 Å². The summed E-state index contributed by atoms with van der Waals surface area (Å²) in [6.45, 7) is 0.710. The van der Waals surface area contributed by atoms with Crippen LogP contribution in [0, 0.1) is 11.6 Å². The summed E-state index contributed by atoms with van der Waals surface area (Å²) in [6.07, 6.45) is -1.72. The molecule has 0 saturated carbocycles. The largest absolute Gasteiger partial charge is 0.394 e. The first-order valence-corrected chi connectivity index (χ1v) is 13.3. The summed E-state index contributed by atoms with van der Waals surface area (Å²) in [7, 11) is 0. The number of thioether (sulfide) groups is 1. The maximum Gasteiger partial charge on any atom is 0.254 e. The lowest BCUT2D eigenvalue weighted by molar-refractivity contribution is -0.178. The van der Waals surface area contributed by atoms with Gasteiger partial charge in [0.15, 0.2) is 0 Å². The van der Waals surface area contributed by atoms with Gasteiger partial charge < -0.3 is 25.0 Å². The normalized spacial score (nSPS) is 25.3. The summed E-state index contributed by atoms with van der Waals surface area (Å²) in [5, 5.41) is 39.6. The monoisotopic (exact) mass is 586 g/mol. The molecule has 0 radical (unpaired) electrons. The minimum absolute atomic E-state index is 0.0457. The Kier molecular flexibility index (Phi) is 7.92. The molecule has 3 N–H and O–H groups in total. The van der Waals surface area contributed by atoms with Crippen molar-refractivity contribution in [3.63, 3.8) is 0 Å². The Morgan fingerprint density at radius 1 is 1.13 bits per heavy atom. The molecule has 2 aliphatic rings. The number of ether oxygens (including phenoxy) is 1. The third-order valence-corrected chi connectivity index (χ3v) is 8.31. The maximum absolute atomic E-state index is 14.0. The van der Waals surface area contributed by atoms with Crippen molar-refractivity contribution in [2.75, 3.05) is 19.7 Å². The molecule has 3 unspecified atom stereocenters. The van der Waals surface area contributed by atoms with Crippen molar-refractivity contribution < 1.29 is 33.6 Å². The first-order valence-electron chi connectivity index (χ1n) is 11.6. The van der Waals surface area contributed by atoms with E-state index in [2.05, 4.69) is 10.3 Å². The van der Waals surface area contributed by atoms with E-state index in [-0.39, 0.29) is 17.2 Å². The summed E-state index contributed by atoms with van der Waals surface area (Å²) >= 11 is 12.8. The van der Waals surface area contributed by atoms with Crippen LogP contribution in [0.3, 0.4) is 0 Å². The van der Waals surface area contributed by atoms with Gasteiger partial charge in [-0.05, 0) is 36.8 Å². The van der Waals surface area contributed by atoms with E-state index in [4.69, 9.17) is 27.9 Å². The quantitative estimate of drug-likeness (QED) is 0.377. The Hall–Kier alpha value is -2.32. The molecule has 2 saturated heterocycles. The van der Waals surface area contributed by atoms with Crippen LogP contribution in [0.4, 0.5) is 8.78 Å². The predicted octanol–water partition coefficient (Wildman–Crippen LogP) is 3.15. The molecule has 202 valence electrons. The van der Waals surface area contributed by atoms with Gasteiger partial charge >= 0.3 is 0 Å². The summed E-state index contributed by atoms with van der Waals surface area (Å²) < 4.78 is 34.9. The van der Waals surface area contributed by atoms with Crippen molar-refractivity contribution in [3.05, 3.63) is 63.8 Å². The lowest BCUT2D eigenvalue weighted by Crippen LogP contribution is -2.55. The Morgan fingerprint density at radius 2 is 1.84 bits per heavy atom. The van der Waals surface area contributed by atoms with Crippen LogP contribution in [0.15, 0.2) is 41.4 Å². The third-order valence-electron chi connectivity index (χ3n) is 6.50. The molecule has 2 aliphatic heterocycles. The summed E-state index contributed by atoms with van der Waals surface area (Å²) in [5.41, 5.74) is -0.565. The van der Waals surface area contributed by atoms with Crippen LogP contribution in [-0.2, 0) is 4.74 Å². The van der Waals surface area contributed by atoms with E-state index in [9.17, 15) is 28.9 Å². The topological polar surface area (TPSA) is 121 Å². The number of benzene rings is 2. The highest BCUT2D eigenvalue weighted by Crippen LogP contribution is 2.40. The van der Waals surface area contributed by atoms with Gasteiger partial charge in [-0.1, -0.05) is 40.2 Å². The van der Waals surface area contributed by atoms with Gasteiger partial charge in [-0.2, -0.15) is 0 Å². The van der Waals surface area contributed by atoms with E-state index in [0.29, 0.717) is 28.6 Å². The molecule has 0 aliphatic carbocycles. The highest BCUT2D eigenvalue weighted by atomic mass is 35.5.